The fraction of sp³-hybridized carbons (Fsp3) is 0.684. The molecule has 3 rings (SSSR count). The Hall–Kier alpha value is -0.900. The summed E-state index contributed by atoms with van der Waals surface area (Å²) in [7, 11) is 2.22. The molecule has 0 amide bonds. The van der Waals surface area contributed by atoms with Crippen LogP contribution in [-0.2, 0) is 12.8 Å². The van der Waals surface area contributed by atoms with Crippen molar-refractivity contribution in [3.63, 3.8) is 0 Å². The zero-order valence-electron chi connectivity index (χ0n) is 14.1. The predicted octanol–water partition coefficient (Wildman–Crippen LogP) is 2.02. The van der Waals surface area contributed by atoms with Crippen molar-refractivity contribution in [2.24, 2.45) is 5.92 Å². The first-order valence-electron chi connectivity index (χ1n) is 8.99. The van der Waals surface area contributed by atoms with Gasteiger partial charge in [0.2, 0.25) is 0 Å². The summed E-state index contributed by atoms with van der Waals surface area (Å²) < 4.78 is 0. The fourth-order valence-electron chi connectivity index (χ4n) is 3.62. The van der Waals surface area contributed by atoms with Crippen molar-refractivity contribution < 1.29 is 0 Å². The molecule has 2 aliphatic heterocycles. The number of piperidine rings is 1. The Kier molecular flexibility index (Phi) is 5.88. The van der Waals surface area contributed by atoms with Gasteiger partial charge in [0.15, 0.2) is 0 Å². The molecule has 0 aromatic heterocycles. The minimum absolute atomic E-state index is 0.887. The highest BCUT2D eigenvalue weighted by atomic mass is 15.2. The quantitative estimate of drug-likeness (QED) is 0.898. The molecule has 0 unspecified atom stereocenters. The number of piperazine rings is 1. The summed E-state index contributed by atoms with van der Waals surface area (Å²) in [6.07, 6.45) is 5.13. The van der Waals surface area contributed by atoms with Crippen LogP contribution in [0.4, 0.5) is 0 Å². The topological polar surface area (TPSA) is 18.5 Å². The van der Waals surface area contributed by atoms with Crippen molar-refractivity contribution in [1.82, 2.24) is 15.1 Å². The van der Waals surface area contributed by atoms with Crippen LogP contribution in [0.25, 0.3) is 0 Å². The third-order valence-electron chi connectivity index (χ3n) is 5.32. The number of hydrogen-bond acceptors (Lipinski definition) is 3. The molecule has 1 aromatic rings. The van der Waals surface area contributed by atoms with E-state index in [1.165, 1.54) is 82.6 Å². The number of likely N-dealkylation sites (N-methyl/N-ethyl adjacent to an activating group) is 1. The number of hydrogen-bond donors (Lipinski definition) is 1. The highest BCUT2D eigenvalue weighted by molar-refractivity contribution is 5.23. The van der Waals surface area contributed by atoms with Crippen LogP contribution in [0.1, 0.15) is 24.0 Å². The average molecular weight is 301 g/mol. The zero-order chi connectivity index (χ0) is 15.2. The van der Waals surface area contributed by atoms with E-state index < -0.39 is 0 Å². The summed E-state index contributed by atoms with van der Waals surface area (Å²) in [6, 6.07) is 9.43. The molecule has 0 aliphatic carbocycles. The third-order valence-corrected chi connectivity index (χ3v) is 5.32. The molecule has 122 valence electrons. The van der Waals surface area contributed by atoms with Gasteiger partial charge in [-0.1, -0.05) is 24.3 Å². The highest BCUT2D eigenvalue weighted by Gasteiger charge is 2.14. The maximum atomic E-state index is 3.45. The highest BCUT2D eigenvalue weighted by Crippen LogP contribution is 2.18. The average Bonchev–Trinajstić information content (AvgIpc) is 2.57. The van der Waals surface area contributed by atoms with Crippen LogP contribution in [0, 0.1) is 5.92 Å². The van der Waals surface area contributed by atoms with Crippen LogP contribution in [0.3, 0.4) is 0 Å². The van der Waals surface area contributed by atoms with E-state index in [1.54, 1.807) is 0 Å². The Labute approximate surface area is 135 Å². The van der Waals surface area contributed by atoms with Crippen LogP contribution in [-0.4, -0.2) is 62.7 Å². The van der Waals surface area contributed by atoms with Gasteiger partial charge in [0.1, 0.15) is 0 Å². The smallest absolute Gasteiger partial charge is 0.0110 e. The molecule has 0 spiro atoms. The normalized spacial score (nSPS) is 22.0. The Balaban J connectivity index is 1.43. The maximum Gasteiger partial charge on any atom is 0.0110 e. The lowest BCUT2D eigenvalue weighted by Gasteiger charge is -2.32. The molecular weight excluding hydrogens is 270 g/mol. The first-order valence-corrected chi connectivity index (χ1v) is 8.99. The van der Waals surface area contributed by atoms with Crippen LogP contribution in [0.15, 0.2) is 24.3 Å². The Bertz CT molecular complexity index is 428. The molecule has 0 bridgehead atoms. The molecule has 2 heterocycles. The van der Waals surface area contributed by atoms with Crippen molar-refractivity contribution in [1.29, 1.82) is 0 Å². The summed E-state index contributed by atoms with van der Waals surface area (Å²) in [5.41, 5.74) is 3.02. The lowest BCUT2D eigenvalue weighted by molar-refractivity contribution is 0.155. The lowest BCUT2D eigenvalue weighted by Crippen LogP contribution is -2.45. The van der Waals surface area contributed by atoms with E-state index in [0.717, 1.165) is 5.92 Å². The molecular formula is C19H31N3. The van der Waals surface area contributed by atoms with Crippen molar-refractivity contribution >= 4 is 0 Å². The summed E-state index contributed by atoms with van der Waals surface area (Å²) in [4.78, 5) is 5.02. The molecule has 1 N–H and O–H groups in total. The fourth-order valence-corrected chi connectivity index (χ4v) is 3.62. The number of nitrogens with one attached hydrogen (secondary N) is 1. The van der Waals surface area contributed by atoms with Gasteiger partial charge in [-0.2, -0.15) is 0 Å². The first kappa shape index (κ1) is 16.0. The van der Waals surface area contributed by atoms with E-state index >= 15 is 0 Å². The van der Waals surface area contributed by atoms with Gasteiger partial charge >= 0.3 is 0 Å². The van der Waals surface area contributed by atoms with Gasteiger partial charge in [-0.05, 0) is 62.9 Å². The second kappa shape index (κ2) is 8.09. The summed E-state index contributed by atoms with van der Waals surface area (Å²) in [5, 5.41) is 3.45. The summed E-state index contributed by atoms with van der Waals surface area (Å²) in [5.74, 6) is 0.887. The minimum atomic E-state index is 0.887. The van der Waals surface area contributed by atoms with Crippen molar-refractivity contribution in [2.45, 2.75) is 25.7 Å². The van der Waals surface area contributed by atoms with Crippen LogP contribution >= 0.6 is 0 Å². The van der Waals surface area contributed by atoms with Gasteiger partial charge < -0.3 is 15.1 Å². The monoisotopic (exact) mass is 301 g/mol. The molecule has 2 aliphatic rings. The van der Waals surface area contributed by atoms with Gasteiger partial charge in [-0.3, -0.25) is 0 Å². The molecule has 0 radical (unpaired) electrons. The molecule has 3 nitrogen and oxygen atoms in total. The van der Waals surface area contributed by atoms with Gasteiger partial charge in [-0.25, -0.2) is 0 Å². The number of benzene rings is 1. The zero-order valence-corrected chi connectivity index (χ0v) is 14.1. The Morgan fingerprint density at radius 2 is 1.59 bits per heavy atom. The van der Waals surface area contributed by atoms with Crippen LogP contribution < -0.4 is 5.32 Å². The Morgan fingerprint density at radius 3 is 2.27 bits per heavy atom. The van der Waals surface area contributed by atoms with Crippen LogP contribution in [0.5, 0.6) is 0 Å². The molecule has 3 heteroatoms. The van der Waals surface area contributed by atoms with Crippen LogP contribution in [0.2, 0.25) is 0 Å². The number of nitrogens with zero attached hydrogens (tertiary/aromatic N) is 2. The minimum Gasteiger partial charge on any atom is -0.317 e. The number of rotatable bonds is 5. The third kappa shape index (κ3) is 4.80. The predicted molar refractivity (Wildman–Crippen MR) is 93.4 cm³/mol. The van der Waals surface area contributed by atoms with Gasteiger partial charge in [0.05, 0.1) is 0 Å². The lowest BCUT2D eigenvalue weighted by atomic mass is 9.90. The largest absolute Gasteiger partial charge is 0.317 e. The molecule has 2 fully saturated rings. The maximum absolute atomic E-state index is 3.45. The molecule has 0 saturated carbocycles. The second-order valence-electron chi connectivity index (χ2n) is 7.11. The van der Waals surface area contributed by atoms with Gasteiger partial charge in [0.25, 0.3) is 0 Å². The molecule has 0 atom stereocenters. The summed E-state index contributed by atoms with van der Waals surface area (Å²) in [6.45, 7) is 8.50. The van der Waals surface area contributed by atoms with Gasteiger partial charge in [-0.15, -0.1) is 0 Å². The van der Waals surface area contributed by atoms with E-state index in [1.807, 2.05) is 0 Å². The standard InChI is InChI=1S/C19H31N3/c1-21-12-14-22(15-13-21)11-8-17-2-4-18(5-3-17)16-19-6-9-20-10-7-19/h2-5,19-20H,6-16H2,1H3. The van der Waals surface area contributed by atoms with Crippen molar-refractivity contribution in [3.05, 3.63) is 35.4 Å². The van der Waals surface area contributed by atoms with E-state index in [2.05, 4.69) is 46.4 Å². The molecule has 1 aromatic carbocycles. The summed E-state index contributed by atoms with van der Waals surface area (Å²) >= 11 is 0. The first-order chi connectivity index (χ1) is 10.8. The SMILES string of the molecule is CN1CCN(CCc2ccc(CC3CCNCC3)cc2)CC1. The Morgan fingerprint density at radius 1 is 0.955 bits per heavy atom. The van der Waals surface area contributed by atoms with E-state index in [-0.39, 0.29) is 0 Å². The molecule has 22 heavy (non-hydrogen) atoms. The second-order valence-corrected chi connectivity index (χ2v) is 7.11. The van der Waals surface area contributed by atoms with Crippen molar-refractivity contribution in [2.75, 3.05) is 52.9 Å². The van der Waals surface area contributed by atoms with E-state index in [0.29, 0.717) is 0 Å². The molecule has 2 saturated heterocycles. The van der Waals surface area contributed by atoms with Gasteiger partial charge in [0, 0.05) is 32.7 Å². The van der Waals surface area contributed by atoms with E-state index in [9.17, 15) is 0 Å². The van der Waals surface area contributed by atoms with E-state index in [4.69, 9.17) is 0 Å². The van der Waals surface area contributed by atoms with Crippen molar-refractivity contribution in [3.8, 4) is 0 Å².